The van der Waals surface area contributed by atoms with E-state index in [1.807, 2.05) is 4.90 Å². The summed E-state index contributed by atoms with van der Waals surface area (Å²) in [5, 5.41) is 0.121. The fourth-order valence-electron chi connectivity index (χ4n) is 4.12. The van der Waals surface area contributed by atoms with Crippen molar-refractivity contribution in [2.24, 2.45) is 5.73 Å². The Morgan fingerprint density at radius 3 is 2.67 bits per heavy atom. The molecule has 2 heterocycles. The highest BCUT2D eigenvalue weighted by Crippen LogP contribution is 2.39. The van der Waals surface area contributed by atoms with E-state index in [2.05, 4.69) is 0 Å². The van der Waals surface area contributed by atoms with Crippen molar-refractivity contribution < 1.29 is 9.13 Å². The van der Waals surface area contributed by atoms with Crippen molar-refractivity contribution in [3.8, 4) is 0 Å². The van der Waals surface area contributed by atoms with E-state index >= 15 is 4.39 Å². The lowest BCUT2D eigenvalue weighted by Crippen LogP contribution is -2.45. The molecule has 9 heteroatoms. The Hall–Kier alpha value is -2.39. The molecule has 1 aliphatic carbocycles. The summed E-state index contributed by atoms with van der Waals surface area (Å²) in [6, 6.07) is 1.18. The van der Waals surface area contributed by atoms with Crippen LogP contribution in [-0.2, 0) is 4.74 Å². The first kappa shape index (κ1) is 18.0. The van der Waals surface area contributed by atoms with Gasteiger partial charge in [-0.15, -0.1) is 0 Å². The molecule has 2 aromatic rings. The molecule has 146 valence electrons. The van der Waals surface area contributed by atoms with Gasteiger partial charge in [-0.05, 0) is 45.1 Å². The van der Waals surface area contributed by atoms with Crippen LogP contribution < -0.4 is 27.7 Å². The monoisotopic (exact) mass is 377 g/mol. The van der Waals surface area contributed by atoms with Crippen LogP contribution in [0.5, 0.6) is 0 Å². The first-order valence-electron chi connectivity index (χ1n) is 9.29. The van der Waals surface area contributed by atoms with Gasteiger partial charge in [0.25, 0.3) is 5.56 Å². The lowest BCUT2D eigenvalue weighted by molar-refractivity contribution is 0.0383. The molecule has 1 unspecified atom stereocenters. The topological polar surface area (TPSA) is 109 Å². The predicted molar refractivity (Wildman–Crippen MR) is 101 cm³/mol. The van der Waals surface area contributed by atoms with Gasteiger partial charge in [0, 0.05) is 18.2 Å². The quantitative estimate of drug-likeness (QED) is 0.606. The molecule has 1 saturated carbocycles. The Morgan fingerprint density at radius 2 is 2.00 bits per heavy atom. The van der Waals surface area contributed by atoms with Crippen molar-refractivity contribution in [3.05, 3.63) is 38.3 Å². The number of hydrogen-bond acceptors (Lipinski definition) is 6. The van der Waals surface area contributed by atoms with Crippen LogP contribution in [0.4, 0.5) is 10.1 Å². The lowest BCUT2D eigenvalue weighted by atomic mass is 10.0. The number of piperidine rings is 1. The van der Waals surface area contributed by atoms with Gasteiger partial charge in [0.05, 0.1) is 23.3 Å². The van der Waals surface area contributed by atoms with E-state index in [4.69, 9.17) is 16.3 Å². The minimum Gasteiger partial charge on any atom is -0.343 e. The molecule has 2 aliphatic rings. The Bertz CT molecular complexity index is 1010. The smallest absolute Gasteiger partial charge is 0.343 e. The molecule has 8 nitrogen and oxygen atoms in total. The van der Waals surface area contributed by atoms with Gasteiger partial charge in [-0.1, -0.05) is 0 Å². The van der Waals surface area contributed by atoms with Crippen molar-refractivity contribution in [1.82, 2.24) is 9.24 Å². The molecule has 4 N–H and O–H groups in total. The van der Waals surface area contributed by atoms with E-state index < -0.39 is 17.1 Å². The summed E-state index contributed by atoms with van der Waals surface area (Å²) in [7, 11) is 0. The van der Waals surface area contributed by atoms with Gasteiger partial charge >= 0.3 is 5.69 Å². The molecular weight excluding hydrogens is 353 g/mol. The van der Waals surface area contributed by atoms with Gasteiger partial charge in [0.15, 0.2) is 0 Å². The van der Waals surface area contributed by atoms with E-state index in [0.29, 0.717) is 28.0 Å². The van der Waals surface area contributed by atoms with Gasteiger partial charge in [-0.3, -0.25) is 9.36 Å². The number of nitrogens with zero attached hydrogens (tertiary/aromatic N) is 3. The fraction of sp³-hybridized carbons (Fsp3) is 0.556. The molecule has 1 atom stereocenters. The largest absolute Gasteiger partial charge is 0.350 e. The number of aryl methyl sites for hydroxylation is 1. The second kappa shape index (κ2) is 6.65. The maximum Gasteiger partial charge on any atom is 0.350 e. The standard InChI is InChI=1S/C18H24FN5O3/c1-10-15-12(17(25)24(21)18(26)23(15)11-5-6-11)8-13(19)16(10)22-7-3-2-4-14(22)27-9-20/h8,11,14H,2-7,9,20-21H2,1H3. The molecule has 2 fully saturated rings. The highest BCUT2D eigenvalue weighted by molar-refractivity contribution is 5.87. The summed E-state index contributed by atoms with van der Waals surface area (Å²) in [6.45, 7) is 2.41. The molecule has 0 radical (unpaired) electrons. The highest BCUT2D eigenvalue weighted by atomic mass is 19.1. The van der Waals surface area contributed by atoms with Crippen molar-refractivity contribution >= 4 is 16.6 Å². The van der Waals surface area contributed by atoms with Gasteiger partial charge in [-0.2, -0.15) is 4.68 Å². The van der Waals surface area contributed by atoms with E-state index in [1.54, 1.807) is 6.92 Å². The van der Waals surface area contributed by atoms with Crippen LogP contribution in [0.25, 0.3) is 10.9 Å². The zero-order chi connectivity index (χ0) is 19.3. The maximum atomic E-state index is 15.1. The summed E-state index contributed by atoms with van der Waals surface area (Å²) < 4.78 is 22.9. The summed E-state index contributed by atoms with van der Waals surface area (Å²) in [6.07, 6.45) is 3.96. The Labute approximate surface area is 155 Å². The molecule has 0 amide bonds. The first-order valence-corrected chi connectivity index (χ1v) is 9.29. The third-order valence-corrected chi connectivity index (χ3v) is 5.50. The fourth-order valence-corrected chi connectivity index (χ4v) is 4.12. The number of nitrogen functional groups attached to an aromatic ring is 1. The Kier molecular flexibility index (Phi) is 4.43. The SMILES string of the molecule is Cc1c(N2CCCCC2OCN)c(F)cc2c(=O)n(N)c(=O)n(C3CC3)c12. The molecule has 1 aromatic heterocycles. The number of nitrogens with two attached hydrogens (primary N) is 2. The second-order valence-corrected chi connectivity index (χ2v) is 7.26. The molecule has 4 rings (SSSR count). The van der Waals surface area contributed by atoms with Crippen LogP contribution in [0.1, 0.15) is 43.7 Å². The van der Waals surface area contributed by atoms with Crippen molar-refractivity contribution in [1.29, 1.82) is 0 Å². The molecule has 1 aliphatic heterocycles. The summed E-state index contributed by atoms with van der Waals surface area (Å²) in [5.41, 5.74) is 5.68. The molecule has 0 bridgehead atoms. The van der Waals surface area contributed by atoms with Crippen molar-refractivity contribution in [2.45, 2.75) is 51.3 Å². The number of rotatable bonds is 4. The summed E-state index contributed by atoms with van der Waals surface area (Å²) in [4.78, 5) is 27.0. The van der Waals surface area contributed by atoms with Gasteiger partial charge in [0.1, 0.15) is 12.0 Å². The van der Waals surface area contributed by atoms with Crippen LogP contribution in [0.3, 0.4) is 0 Å². The van der Waals surface area contributed by atoms with Crippen molar-refractivity contribution in [3.63, 3.8) is 0 Å². The third kappa shape index (κ3) is 2.81. The van der Waals surface area contributed by atoms with Gasteiger partial charge in [0.2, 0.25) is 0 Å². The number of aromatic nitrogens is 2. The Balaban J connectivity index is 2.00. The average Bonchev–Trinajstić information content (AvgIpc) is 3.48. The number of hydrogen-bond donors (Lipinski definition) is 2. The van der Waals surface area contributed by atoms with Gasteiger partial charge < -0.3 is 21.2 Å². The van der Waals surface area contributed by atoms with E-state index in [0.717, 1.165) is 32.1 Å². The maximum absolute atomic E-state index is 15.1. The molecule has 0 spiro atoms. The van der Waals surface area contributed by atoms with Crippen LogP contribution in [-0.4, -0.2) is 28.7 Å². The third-order valence-electron chi connectivity index (χ3n) is 5.50. The van der Waals surface area contributed by atoms with Crippen LogP contribution in [0, 0.1) is 12.7 Å². The molecule has 1 aromatic carbocycles. The minimum atomic E-state index is -0.686. The van der Waals surface area contributed by atoms with Crippen LogP contribution in [0.2, 0.25) is 0 Å². The summed E-state index contributed by atoms with van der Waals surface area (Å²) in [5.74, 6) is 5.14. The average molecular weight is 377 g/mol. The Morgan fingerprint density at radius 1 is 1.26 bits per heavy atom. The second-order valence-electron chi connectivity index (χ2n) is 7.26. The van der Waals surface area contributed by atoms with E-state index in [-0.39, 0.29) is 24.4 Å². The number of ether oxygens (including phenoxy) is 1. The lowest BCUT2D eigenvalue weighted by Gasteiger charge is -2.38. The molecule has 27 heavy (non-hydrogen) atoms. The normalized spacial score (nSPS) is 20.4. The zero-order valence-electron chi connectivity index (χ0n) is 15.3. The minimum absolute atomic E-state index is 0.00939. The number of fused-ring (bicyclic) bond motifs is 1. The number of anilines is 1. The predicted octanol–water partition coefficient (Wildman–Crippen LogP) is 0.909. The highest BCUT2D eigenvalue weighted by Gasteiger charge is 2.32. The van der Waals surface area contributed by atoms with Crippen LogP contribution in [0.15, 0.2) is 15.7 Å². The van der Waals surface area contributed by atoms with E-state index in [1.165, 1.54) is 10.6 Å². The van der Waals surface area contributed by atoms with E-state index in [9.17, 15) is 9.59 Å². The first-order chi connectivity index (χ1) is 13.0. The number of benzene rings is 1. The zero-order valence-corrected chi connectivity index (χ0v) is 15.3. The van der Waals surface area contributed by atoms with Crippen LogP contribution >= 0.6 is 0 Å². The molecular formula is C18H24FN5O3. The number of halogens is 1. The van der Waals surface area contributed by atoms with Gasteiger partial charge in [-0.25, -0.2) is 9.18 Å². The molecule has 1 saturated heterocycles. The van der Waals surface area contributed by atoms with Crippen molar-refractivity contribution in [2.75, 3.05) is 24.0 Å². The summed E-state index contributed by atoms with van der Waals surface area (Å²) >= 11 is 0.